The summed E-state index contributed by atoms with van der Waals surface area (Å²) >= 11 is 0. The normalized spacial score (nSPS) is 13.3. The highest BCUT2D eigenvalue weighted by Gasteiger charge is 2.40. The fraction of sp³-hybridized carbons (Fsp3) is 1.00. The topological polar surface area (TPSA) is 55.4 Å². The first-order chi connectivity index (χ1) is 12.2. The van der Waals surface area contributed by atoms with Crippen LogP contribution in [0.4, 0.5) is 0 Å². The van der Waals surface area contributed by atoms with E-state index in [9.17, 15) is 0 Å². The molecular formula is C17H40O6Si2. The summed E-state index contributed by atoms with van der Waals surface area (Å²) < 4.78 is 34.9. The van der Waals surface area contributed by atoms with Gasteiger partial charge in [-0.2, -0.15) is 0 Å². The lowest BCUT2D eigenvalue weighted by Crippen LogP contribution is -2.46. The van der Waals surface area contributed by atoms with Gasteiger partial charge in [0, 0.05) is 52.8 Å². The van der Waals surface area contributed by atoms with E-state index in [1.165, 1.54) is 0 Å². The Morgan fingerprint density at radius 2 is 1.44 bits per heavy atom. The van der Waals surface area contributed by atoms with Gasteiger partial charge in [0.15, 0.2) is 0 Å². The van der Waals surface area contributed by atoms with Crippen LogP contribution in [-0.4, -0.2) is 64.8 Å². The predicted molar refractivity (Wildman–Crippen MR) is 105 cm³/mol. The molecule has 0 aromatic carbocycles. The maximum absolute atomic E-state index is 6.12. The van der Waals surface area contributed by atoms with Crippen molar-refractivity contribution in [1.29, 1.82) is 0 Å². The van der Waals surface area contributed by atoms with Crippen molar-refractivity contribution < 1.29 is 26.9 Å². The Morgan fingerprint density at radius 1 is 0.720 bits per heavy atom. The standard InChI is InChI=1S/C17H40O6Si2/c1-6-10-15-23-25(21-8-3,22-9-4)17-12-16-24(19-7-2)20-14-11-13-18-5/h24H,6-17H2,1-5H3. The lowest BCUT2D eigenvalue weighted by Gasteiger charge is -2.29. The van der Waals surface area contributed by atoms with Crippen LogP contribution in [0.5, 0.6) is 0 Å². The van der Waals surface area contributed by atoms with Gasteiger partial charge in [-0.05, 0) is 46.1 Å². The van der Waals surface area contributed by atoms with Gasteiger partial charge < -0.3 is 26.9 Å². The molecule has 0 fully saturated rings. The maximum atomic E-state index is 6.12. The minimum atomic E-state index is -2.58. The van der Waals surface area contributed by atoms with Crippen LogP contribution in [-0.2, 0) is 26.9 Å². The Hall–Kier alpha value is 0.194. The zero-order valence-electron chi connectivity index (χ0n) is 17.0. The van der Waals surface area contributed by atoms with Crippen LogP contribution in [0.25, 0.3) is 0 Å². The van der Waals surface area contributed by atoms with E-state index in [2.05, 4.69) is 6.92 Å². The molecule has 0 aliphatic rings. The minimum absolute atomic E-state index is 0.623. The molecule has 1 unspecified atom stereocenters. The van der Waals surface area contributed by atoms with Crippen molar-refractivity contribution in [1.82, 2.24) is 0 Å². The Morgan fingerprint density at radius 3 is 2.00 bits per heavy atom. The van der Waals surface area contributed by atoms with Gasteiger partial charge in [-0.1, -0.05) is 13.3 Å². The van der Waals surface area contributed by atoms with E-state index in [0.29, 0.717) is 33.0 Å². The second kappa shape index (κ2) is 17.6. The molecule has 0 heterocycles. The van der Waals surface area contributed by atoms with Crippen LogP contribution in [0.3, 0.4) is 0 Å². The summed E-state index contributed by atoms with van der Waals surface area (Å²) in [5, 5.41) is 0. The molecule has 0 spiro atoms. The summed E-state index contributed by atoms with van der Waals surface area (Å²) in [5.41, 5.74) is 0. The zero-order chi connectivity index (χ0) is 18.8. The van der Waals surface area contributed by atoms with Gasteiger partial charge in [0.25, 0.3) is 0 Å². The molecule has 0 aromatic rings. The van der Waals surface area contributed by atoms with E-state index < -0.39 is 18.1 Å². The van der Waals surface area contributed by atoms with Crippen LogP contribution in [0.2, 0.25) is 12.1 Å². The van der Waals surface area contributed by atoms with E-state index >= 15 is 0 Å². The molecule has 6 nitrogen and oxygen atoms in total. The van der Waals surface area contributed by atoms with E-state index in [-0.39, 0.29) is 0 Å². The lowest BCUT2D eigenvalue weighted by molar-refractivity contribution is 0.0657. The molecule has 0 amide bonds. The lowest BCUT2D eigenvalue weighted by atomic mass is 10.4. The molecule has 0 N–H and O–H groups in total. The van der Waals surface area contributed by atoms with Crippen molar-refractivity contribution >= 4 is 18.1 Å². The molecule has 152 valence electrons. The first-order valence-corrected chi connectivity index (χ1v) is 13.5. The number of hydrogen-bond donors (Lipinski definition) is 0. The van der Waals surface area contributed by atoms with Crippen LogP contribution in [0, 0.1) is 0 Å². The number of ether oxygens (including phenoxy) is 1. The van der Waals surface area contributed by atoms with Crippen molar-refractivity contribution in [3.8, 4) is 0 Å². The Bertz CT molecular complexity index is 278. The molecule has 0 saturated heterocycles. The van der Waals surface area contributed by atoms with E-state index in [1.54, 1.807) is 7.11 Å². The highest BCUT2D eigenvalue weighted by Crippen LogP contribution is 2.21. The quantitative estimate of drug-likeness (QED) is 0.246. The predicted octanol–water partition coefficient (Wildman–Crippen LogP) is 3.52. The minimum Gasteiger partial charge on any atom is -0.397 e. The monoisotopic (exact) mass is 396 g/mol. The summed E-state index contributed by atoms with van der Waals surface area (Å²) in [4.78, 5) is 0. The molecule has 0 bridgehead atoms. The molecule has 25 heavy (non-hydrogen) atoms. The first kappa shape index (κ1) is 25.2. The smallest absolute Gasteiger partial charge is 0.397 e. The Kier molecular flexibility index (Phi) is 17.7. The van der Waals surface area contributed by atoms with Gasteiger partial charge in [0.2, 0.25) is 0 Å². The first-order valence-electron chi connectivity index (χ1n) is 9.81. The fourth-order valence-electron chi connectivity index (χ4n) is 2.46. The molecule has 0 aromatic heterocycles. The van der Waals surface area contributed by atoms with E-state index in [1.807, 2.05) is 20.8 Å². The summed E-state index contributed by atoms with van der Waals surface area (Å²) in [5.74, 6) is 0. The van der Waals surface area contributed by atoms with E-state index in [0.717, 1.165) is 44.4 Å². The third-order valence-electron chi connectivity index (χ3n) is 3.62. The molecule has 0 radical (unpaired) electrons. The van der Waals surface area contributed by atoms with Gasteiger partial charge in [-0.3, -0.25) is 0 Å². The largest absolute Gasteiger partial charge is 0.500 e. The SMILES string of the molecule is CCCCO[Si](CCC[SiH](OCC)OCCCOC)(OCC)OCC. The maximum Gasteiger partial charge on any atom is 0.500 e. The van der Waals surface area contributed by atoms with Gasteiger partial charge >= 0.3 is 18.1 Å². The average Bonchev–Trinajstić information content (AvgIpc) is 2.59. The molecule has 0 aliphatic heterocycles. The van der Waals surface area contributed by atoms with Crippen molar-refractivity contribution in [2.75, 3.05) is 46.8 Å². The highest BCUT2D eigenvalue weighted by atomic mass is 28.4. The number of unbranched alkanes of at least 4 members (excludes halogenated alkanes) is 1. The molecule has 0 aliphatic carbocycles. The number of hydrogen-bond acceptors (Lipinski definition) is 6. The van der Waals surface area contributed by atoms with Crippen LogP contribution >= 0.6 is 0 Å². The second-order valence-corrected chi connectivity index (χ2v) is 10.6. The van der Waals surface area contributed by atoms with Crippen molar-refractivity contribution in [2.24, 2.45) is 0 Å². The van der Waals surface area contributed by atoms with Crippen LogP contribution in [0.1, 0.15) is 53.4 Å². The van der Waals surface area contributed by atoms with Gasteiger partial charge in [-0.25, -0.2) is 0 Å². The summed E-state index contributed by atoms with van der Waals surface area (Å²) in [6.45, 7) is 12.3. The van der Waals surface area contributed by atoms with Gasteiger partial charge in [0.05, 0.1) is 0 Å². The van der Waals surface area contributed by atoms with Gasteiger partial charge in [0.1, 0.15) is 0 Å². The number of rotatable bonds is 19. The van der Waals surface area contributed by atoms with E-state index in [4.69, 9.17) is 26.9 Å². The zero-order valence-corrected chi connectivity index (χ0v) is 19.2. The molecule has 8 heteroatoms. The third-order valence-corrected chi connectivity index (χ3v) is 8.88. The molecule has 0 rings (SSSR count). The highest BCUT2D eigenvalue weighted by molar-refractivity contribution is 6.60. The average molecular weight is 397 g/mol. The Labute approximate surface area is 157 Å². The van der Waals surface area contributed by atoms with Gasteiger partial charge in [-0.15, -0.1) is 0 Å². The third kappa shape index (κ3) is 13.1. The molecule has 0 saturated carbocycles. The molecular weight excluding hydrogens is 356 g/mol. The van der Waals surface area contributed by atoms with Crippen molar-refractivity contribution in [2.45, 2.75) is 65.5 Å². The van der Waals surface area contributed by atoms with Crippen LogP contribution < -0.4 is 0 Å². The summed E-state index contributed by atoms with van der Waals surface area (Å²) in [6.07, 6.45) is 4.01. The Balaban J connectivity index is 4.44. The van der Waals surface area contributed by atoms with Crippen molar-refractivity contribution in [3.63, 3.8) is 0 Å². The summed E-state index contributed by atoms with van der Waals surface area (Å²) in [6, 6.07) is 1.78. The van der Waals surface area contributed by atoms with Crippen molar-refractivity contribution in [3.05, 3.63) is 0 Å². The fourth-order valence-corrected chi connectivity index (χ4v) is 7.29. The second-order valence-electron chi connectivity index (χ2n) is 5.75. The molecule has 1 atom stereocenters. The number of methoxy groups -OCH3 is 1. The van der Waals surface area contributed by atoms with Crippen LogP contribution in [0.15, 0.2) is 0 Å². The summed E-state index contributed by atoms with van der Waals surface area (Å²) in [7, 11) is -2.50.